The molecule has 12 heavy (non-hydrogen) atoms. The van der Waals surface area contributed by atoms with Crippen molar-refractivity contribution in [3.05, 3.63) is 33.2 Å². The quantitative estimate of drug-likeness (QED) is 0.672. The summed E-state index contributed by atoms with van der Waals surface area (Å²) in [5, 5.41) is 0. The Balaban J connectivity index is 3.19. The van der Waals surface area contributed by atoms with Gasteiger partial charge in [0.1, 0.15) is 0 Å². The third-order valence-electron chi connectivity index (χ3n) is 1.89. The van der Waals surface area contributed by atoms with E-state index in [0.29, 0.717) is 13.0 Å². The van der Waals surface area contributed by atoms with E-state index in [-0.39, 0.29) is 5.56 Å². The van der Waals surface area contributed by atoms with Gasteiger partial charge in [0.2, 0.25) is 0 Å². The summed E-state index contributed by atoms with van der Waals surface area (Å²) in [4.78, 5) is 14.1. The number of nitrogens with one attached hydrogen (secondary N) is 1. The summed E-state index contributed by atoms with van der Waals surface area (Å²) in [7, 11) is 0. The minimum Gasteiger partial charge on any atom is -0.330 e. The molecule has 1 heterocycles. The molecule has 0 radical (unpaired) electrons. The zero-order valence-electron chi connectivity index (χ0n) is 7.48. The van der Waals surface area contributed by atoms with E-state index in [2.05, 4.69) is 4.98 Å². The number of aryl methyl sites for hydroxylation is 2. The first-order chi connectivity index (χ1) is 5.65. The highest BCUT2D eigenvalue weighted by molar-refractivity contribution is 5.25. The number of H-pyrrole nitrogens is 1. The molecule has 0 aromatic carbocycles. The Labute approximate surface area is 71.6 Å². The van der Waals surface area contributed by atoms with Crippen molar-refractivity contribution in [2.75, 3.05) is 6.54 Å². The van der Waals surface area contributed by atoms with Gasteiger partial charge in [0.25, 0.3) is 5.56 Å². The molecular formula is C9H14N2O. The molecule has 0 unspecified atom stereocenters. The van der Waals surface area contributed by atoms with Crippen LogP contribution in [0.4, 0.5) is 0 Å². The Morgan fingerprint density at radius 1 is 1.50 bits per heavy atom. The van der Waals surface area contributed by atoms with Gasteiger partial charge in [0.15, 0.2) is 0 Å². The second kappa shape index (κ2) is 3.54. The third kappa shape index (κ3) is 1.74. The van der Waals surface area contributed by atoms with Crippen molar-refractivity contribution in [3.8, 4) is 0 Å². The Bertz CT molecular complexity index is 328. The van der Waals surface area contributed by atoms with Crippen LogP contribution in [0.1, 0.15) is 16.8 Å². The van der Waals surface area contributed by atoms with E-state index in [1.165, 1.54) is 0 Å². The SMILES string of the molecule is Cc1cc(C)c(CCN)c(=O)[nH]1. The molecule has 3 nitrogen and oxygen atoms in total. The van der Waals surface area contributed by atoms with Crippen LogP contribution in [0.5, 0.6) is 0 Å². The molecule has 0 atom stereocenters. The van der Waals surface area contributed by atoms with Gasteiger partial charge in [-0.2, -0.15) is 0 Å². The summed E-state index contributed by atoms with van der Waals surface area (Å²) in [6.07, 6.45) is 0.654. The number of rotatable bonds is 2. The first kappa shape index (κ1) is 9.00. The minimum atomic E-state index is -0.00190. The van der Waals surface area contributed by atoms with Crippen molar-refractivity contribution in [1.29, 1.82) is 0 Å². The average Bonchev–Trinajstić information content (AvgIpc) is 1.96. The maximum absolute atomic E-state index is 11.3. The van der Waals surface area contributed by atoms with Crippen molar-refractivity contribution >= 4 is 0 Å². The van der Waals surface area contributed by atoms with E-state index in [1.807, 2.05) is 19.9 Å². The Morgan fingerprint density at radius 2 is 2.17 bits per heavy atom. The Morgan fingerprint density at radius 3 is 2.67 bits per heavy atom. The van der Waals surface area contributed by atoms with Crippen LogP contribution in [-0.2, 0) is 6.42 Å². The predicted octanol–water partition coefficient (Wildman–Crippen LogP) is 0.493. The first-order valence-corrected chi connectivity index (χ1v) is 4.04. The van der Waals surface area contributed by atoms with Gasteiger partial charge in [-0.25, -0.2) is 0 Å². The fraction of sp³-hybridized carbons (Fsp3) is 0.444. The van der Waals surface area contributed by atoms with E-state index in [0.717, 1.165) is 16.8 Å². The molecule has 3 heteroatoms. The molecule has 1 aromatic heterocycles. The van der Waals surface area contributed by atoms with Crippen molar-refractivity contribution in [3.63, 3.8) is 0 Å². The maximum Gasteiger partial charge on any atom is 0.251 e. The Hall–Kier alpha value is -1.09. The van der Waals surface area contributed by atoms with E-state index < -0.39 is 0 Å². The van der Waals surface area contributed by atoms with Crippen molar-refractivity contribution in [1.82, 2.24) is 4.98 Å². The molecule has 1 aromatic rings. The van der Waals surface area contributed by atoms with Gasteiger partial charge in [-0.15, -0.1) is 0 Å². The monoisotopic (exact) mass is 166 g/mol. The second-order valence-corrected chi connectivity index (χ2v) is 2.98. The summed E-state index contributed by atoms with van der Waals surface area (Å²) >= 11 is 0. The number of hydrogen-bond acceptors (Lipinski definition) is 2. The number of aromatic nitrogens is 1. The topological polar surface area (TPSA) is 58.9 Å². The van der Waals surface area contributed by atoms with Crippen LogP contribution in [0.3, 0.4) is 0 Å². The van der Waals surface area contributed by atoms with Gasteiger partial charge in [-0.3, -0.25) is 4.79 Å². The molecule has 66 valence electrons. The number of hydrogen-bond donors (Lipinski definition) is 2. The predicted molar refractivity (Wildman–Crippen MR) is 49.3 cm³/mol. The summed E-state index contributed by atoms with van der Waals surface area (Å²) in [6, 6.07) is 1.96. The first-order valence-electron chi connectivity index (χ1n) is 4.04. The average molecular weight is 166 g/mol. The van der Waals surface area contributed by atoms with E-state index >= 15 is 0 Å². The molecule has 0 bridgehead atoms. The van der Waals surface area contributed by atoms with Crippen molar-refractivity contribution in [2.45, 2.75) is 20.3 Å². The van der Waals surface area contributed by atoms with Crippen LogP contribution in [-0.4, -0.2) is 11.5 Å². The van der Waals surface area contributed by atoms with Crippen LogP contribution in [0.2, 0.25) is 0 Å². The lowest BCUT2D eigenvalue weighted by Crippen LogP contribution is -2.18. The lowest BCUT2D eigenvalue weighted by atomic mass is 10.1. The maximum atomic E-state index is 11.3. The lowest BCUT2D eigenvalue weighted by Gasteiger charge is -2.03. The number of aromatic amines is 1. The highest BCUT2D eigenvalue weighted by Crippen LogP contribution is 2.02. The molecule has 1 rings (SSSR count). The molecule has 0 aliphatic heterocycles. The highest BCUT2D eigenvalue weighted by atomic mass is 16.1. The number of pyridine rings is 1. The lowest BCUT2D eigenvalue weighted by molar-refractivity contribution is 0.921. The van der Waals surface area contributed by atoms with Gasteiger partial charge in [0, 0.05) is 11.3 Å². The largest absolute Gasteiger partial charge is 0.330 e. The van der Waals surface area contributed by atoms with Crippen LogP contribution < -0.4 is 11.3 Å². The van der Waals surface area contributed by atoms with Crippen LogP contribution in [0.15, 0.2) is 10.9 Å². The zero-order chi connectivity index (χ0) is 9.14. The summed E-state index contributed by atoms with van der Waals surface area (Å²) in [6.45, 7) is 4.33. The zero-order valence-corrected chi connectivity index (χ0v) is 7.48. The second-order valence-electron chi connectivity index (χ2n) is 2.98. The molecule has 0 aliphatic carbocycles. The van der Waals surface area contributed by atoms with Gasteiger partial charge >= 0.3 is 0 Å². The van der Waals surface area contributed by atoms with E-state index in [9.17, 15) is 4.79 Å². The summed E-state index contributed by atoms with van der Waals surface area (Å²) in [5.41, 5.74) is 8.12. The van der Waals surface area contributed by atoms with Crippen LogP contribution in [0.25, 0.3) is 0 Å². The summed E-state index contributed by atoms with van der Waals surface area (Å²) in [5.74, 6) is 0. The molecule has 0 saturated heterocycles. The third-order valence-corrected chi connectivity index (χ3v) is 1.89. The normalized spacial score (nSPS) is 10.2. The fourth-order valence-corrected chi connectivity index (χ4v) is 1.34. The van der Waals surface area contributed by atoms with Crippen LogP contribution in [0, 0.1) is 13.8 Å². The van der Waals surface area contributed by atoms with Gasteiger partial charge in [-0.1, -0.05) is 0 Å². The standard InChI is InChI=1S/C9H14N2O/c1-6-5-7(2)11-9(12)8(6)3-4-10/h5H,3-4,10H2,1-2H3,(H,11,12). The molecule has 0 fully saturated rings. The highest BCUT2D eigenvalue weighted by Gasteiger charge is 2.02. The van der Waals surface area contributed by atoms with Gasteiger partial charge in [0.05, 0.1) is 0 Å². The van der Waals surface area contributed by atoms with Crippen molar-refractivity contribution < 1.29 is 0 Å². The molecule has 0 spiro atoms. The smallest absolute Gasteiger partial charge is 0.251 e. The van der Waals surface area contributed by atoms with Gasteiger partial charge < -0.3 is 10.7 Å². The molecule has 3 N–H and O–H groups in total. The molecule has 0 amide bonds. The van der Waals surface area contributed by atoms with Crippen LogP contribution >= 0.6 is 0 Å². The summed E-state index contributed by atoms with van der Waals surface area (Å²) < 4.78 is 0. The van der Waals surface area contributed by atoms with E-state index in [1.54, 1.807) is 0 Å². The molecule has 0 aliphatic rings. The molecule has 0 saturated carbocycles. The van der Waals surface area contributed by atoms with E-state index in [4.69, 9.17) is 5.73 Å². The Kier molecular flexibility index (Phi) is 2.65. The van der Waals surface area contributed by atoms with Gasteiger partial charge in [-0.05, 0) is 38.4 Å². The minimum absolute atomic E-state index is 0.00190. The molecular weight excluding hydrogens is 152 g/mol. The number of nitrogens with two attached hydrogens (primary N) is 1. The van der Waals surface area contributed by atoms with Crippen molar-refractivity contribution in [2.24, 2.45) is 5.73 Å². The fourth-order valence-electron chi connectivity index (χ4n) is 1.34.